The van der Waals surface area contributed by atoms with Crippen LogP contribution in [0.25, 0.3) is 0 Å². The molecule has 0 radical (unpaired) electrons. The van der Waals surface area contributed by atoms with Crippen LogP contribution in [-0.4, -0.2) is 101 Å². The number of rotatable bonds is 12. The molecule has 14 nitrogen and oxygen atoms in total. The number of halogens is 6. The molecule has 2 unspecified atom stereocenters. The summed E-state index contributed by atoms with van der Waals surface area (Å²) < 4.78 is 77.3. The summed E-state index contributed by atoms with van der Waals surface area (Å²) in [5.41, 5.74) is -4.58. The second-order valence-corrected chi connectivity index (χ2v) is 16.0. The Hall–Kier alpha value is -5.23. The summed E-state index contributed by atoms with van der Waals surface area (Å²) in [7, 11) is 0. The van der Waals surface area contributed by atoms with Gasteiger partial charge >= 0.3 is 6.18 Å². The third-order valence-electron chi connectivity index (χ3n) is 10.3. The molecule has 0 spiro atoms. The maximum Gasteiger partial charge on any atom is 0.419 e. The van der Waals surface area contributed by atoms with Gasteiger partial charge in [0.2, 0.25) is 17.7 Å². The average molecular weight is 878 g/mol. The molecule has 0 bridgehead atoms. The number of aromatic nitrogens is 1. The zero-order valence-electron chi connectivity index (χ0n) is 32.6. The Morgan fingerprint density at radius 3 is 2.33 bits per heavy atom. The Morgan fingerprint density at radius 1 is 1.02 bits per heavy atom. The maximum absolute atomic E-state index is 15.1. The molecule has 0 saturated carbocycles. The number of carbonyl (C=O) groups is 4. The molecule has 320 valence electrons. The molecule has 1 aromatic heterocycles. The molecule has 4 amide bonds. The number of anilines is 4. The smallest absolute Gasteiger partial charge is 0.419 e. The summed E-state index contributed by atoms with van der Waals surface area (Å²) in [6, 6.07) is 10.2. The van der Waals surface area contributed by atoms with Crippen LogP contribution in [-0.2, 0) is 31.3 Å². The van der Waals surface area contributed by atoms with Gasteiger partial charge in [-0.15, -0.1) is 12.6 Å². The van der Waals surface area contributed by atoms with Crippen molar-refractivity contribution in [3.8, 4) is 11.8 Å². The Labute approximate surface area is 352 Å². The van der Waals surface area contributed by atoms with Crippen LogP contribution in [0.1, 0.15) is 50.4 Å². The average Bonchev–Trinajstić information content (AvgIpc) is 3.34. The fraction of sp³-hybridized carbons (Fsp3) is 0.436. The number of thiol groups is 1. The summed E-state index contributed by atoms with van der Waals surface area (Å²) in [4.78, 5) is 60.2. The van der Waals surface area contributed by atoms with E-state index >= 15 is 8.78 Å². The van der Waals surface area contributed by atoms with Crippen LogP contribution in [0.4, 0.5) is 44.7 Å². The van der Waals surface area contributed by atoms with Crippen LogP contribution in [0.5, 0.6) is 5.75 Å². The van der Waals surface area contributed by atoms with Crippen molar-refractivity contribution in [2.75, 3.05) is 66.3 Å². The van der Waals surface area contributed by atoms with Gasteiger partial charge in [0, 0.05) is 68.2 Å². The standard InChI is InChI=1S/C39H41ClF5N9O5S/c1-37(2)35(58)53(26-18-27(39(43,44)45)30(19-46)47-20-26)36(60)54(37)25-4-6-31(28(17-25)38(3,41)42)59-13-12-51-8-10-52(11-9-51)21-33(56)49-24-15-22(40)14-23(16-24)48-29-5-7-32(55)50-34(29)57/h4,6,14-18,20,29,36,48,60H,5,7-13,21H2,1-3H3,(H,49,56)(H,50,55,57). The SMILES string of the molecule is CC(F)(F)c1cc(N2C(S)N(c3cnc(C#N)c(C(F)(F)F)c3)C(=O)C2(C)C)ccc1OCCN1CCN(CC(=O)Nc2cc(Cl)cc(NC3CCC(=O)NC3=O)c2)CC1. The second kappa shape index (κ2) is 17.4. The van der Waals surface area contributed by atoms with E-state index in [2.05, 4.69) is 38.5 Å². The highest BCUT2D eigenvalue weighted by molar-refractivity contribution is 7.81. The van der Waals surface area contributed by atoms with Gasteiger partial charge in [-0.25, -0.2) is 13.8 Å². The summed E-state index contributed by atoms with van der Waals surface area (Å²) in [6.07, 6.45) is -3.45. The number of hydrogen-bond acceptors (Lipinski definition) is 12. The van der Waals surface area contributed by atoms with E-state index in [0.717, 1.165) is 17.2 Å². The van der Waals surface area contributed by atoms with Crippen molar-refractivity contribution >= 4 is 70.6 Å². The first kappa shape index (κ1) is 44.3. The minimum absolute atomic E-state index is 0.0523. The number of ether oxygens (including phenoxy) is 1. The zero-order chi connectivity index (χ0) is 43.7. The van der Waals surface area contributed by atoms with Crippen LogP contribution in [0.3, 0.4) is 0 Å². The molecule has 21 heteroatoms. The number of nitriles is 1. The molecule has 3 aliphatic rings. The molecule has 4 heterocycles. The lowest BCUT2D eigenvalue weighted by atomic mass is 10.0. The Balaban J connectivity index is 1.04. The highest BCUT2D eigenvalue weighted by Gasteiger charge is 2.52. The number of alkyl halides is 5. The van der Waals surface area contributed by atoms with Crippen molar-refractivity contribution in [2.45, 2.75) is 62.8 Å². The van der Waals surface area contributed by atoms with Crippen LogP contribution in [0.15, 0.2) is 48.7 Å². The van der Waals surface area contributed by atoms with Crippen LogP contribution in [0.2, 0.25) is 5.02 Å². The van der Waals surface area contributed by atoms with Gasteiger partial charge in [0.15, 0.2) is 11.2 Å². The number of benzene rings is 2. The predicted molar refractivity (Wildman–Crippen MR) is 215 cm³/mol. The molecular weight excluding hydrogens is 837 g/mol. The van der Waals surface area contributed by atoms with Crippen molar-refractivity contribution in [3.63, 3.8) is 0 Å². The number of imide groups is 1. The van der Waals surface area contributed by atoms with Crippen LogP contribution in [0, 0.1) is 11.3 Å². The Bertz CT molecular complexity index is 2210. The third-order valence-corrected chi connectivity index (χ3v) is 11.0. The van der Waals surface area contributed by atoms with Crippen LogP contribution < -0.4 is 30.5 Å². The Morgan fingerprint density at radius 2 is 1.68 bits per heavy atom. The first-order valence-corrected chi connectivity index (χ1v) is 19.6. The first-order chi connectivity index (χ1) is 28.1. The van der Waals surface area contributed by atoms with E-state index in [9.17, 15) is 32.3 Å². The van der Waals surface area contributed by atoms with Gasteiger partial charge in [-0.3, -0.25) is 39.2 Å². The number of nitrogens with zero attached hydrogens (tertiary/aromatic N) is 6. The topological polar surface area (TPSA) is 163 Å². The number of piperazine rings is 1. The van der Waals surface area contributed by atoms with E-state index in [-0.39, 0.29) is 48.5 Å². The quantitative estimate of drug-likeness (QED) is 0.104. The highest BCUT2D eigenvalue weighted by atomic mass is 35.5. The number of hydrogen-bond donors (Lipinski definition) is 4. The minimum atomic E-state index is -4.93. The number of amides is 4. The zero-order valence-corrected chi connectivity index (χ0v) is 34.2. The first-order valence-electron chi connectivity index (χ1n) is 18.7. The van der Waals surface area contributed by atoms with Crippen molar-refractivity contribution in [1.29, 1.82) is 5.26 Å². The second-order valence-electron chi connectivity index (χ2n) is 15.1. The third kappa shape index (κ3) is 9.86. The van der Waals surface area contributed by atoms with Crippen molar-refractivity contribution in [3.05, 3.63) is 70.5 Å². The lowest BCUT2D eigenvalue weighted by molar-refractivity contribution is -0.138. The van der Waals surface area contributed by atoms with E-state index < -0.39 is 57.8 Å². The highest BCUT2D eigenvalue weighted by Crippen LogP contribution is 2.45. The van der Waals surface area contributed by atoms with Crippen molar-refractivity contribution < 1.29 is 45.9 Å². The van der Waals surface area contributed by atoms with E-state index in [4.69, 9.17) is 21.6 Å². The number of piperidine rings is 1. The van der Waals surface area contributed by atoms with Gasteiger partial charge in [0.05, 0.1) is 29.6 Å². The molecule has 3 aliphatic heterocycles. The lowest BCUT2D eigenvalue weighted by Crippen LogP contribution is -2.49. The summed E-state index contributed by atoms with van der Waals surface area (Å²) in [5, 5.41) is 17.6. The lowest BCUT2D eigenvalue weighted by Gasteiger charge is -2.35. The van der Waals surface area contributed by atoms with Gasteiger partial charge < -0.3 is 20.3 Å². The summed E-state index contributed by atoms with van der Waals surface area (Å²) in [6.45, 7) is 6.43. The number of carbonyl (C=O) groups excluding carboxylic acids is 4. The number of nitrogens with one attached hydrogen (secondary N) is 3. The largest absolute Gasteiger partial charge is 0.492 e. The normalized spacial score (nSPS) is 20.2. The molecule has 3 N–H and O–H groups in total. The maximum atomic E-state index is 15.1. The fourth-order valence-electron chi connectivity index (χ4n) is 7.28. The van der Waals surface area contributed by atoms with Crippen molar-refractivity contribution in [2.24, 2.45) is 0 Å². The molecule has 3 aromatic rings. The molecule has 3 saturated heterocycles. The predicted octanol–water partition coefficient (Wildman–Crippen LogP) is 5.43. The van der Waals surface area contributed by atoms with Gasteiger partial charge in [-0.1, -0.05) is 11.6 Å². The molecule has 2 aromatic carbocycles. The Kier molecular flexibility index (Phi) is 12.9. The molecular formula is C39H41ClF5N9O5S. The number of pyridine rings is 1. The summed E-state index contributed by atoms with van der Waals surface area (Å²) >= 11 is 10.8. The molecule has 6 rings (SSSR count). The minimum Gasteiger partial charge on any atom is -0.492 e. The fourth-order valence-corrected chi connectivity index (χ4v) is 8.17. The molecule has 3 fully saturated rings. The van der Waals surface area contributed by atoms with Crippen LogP contribution >= 0.6 is 24.2 Å². The molecule has 0 aliphatic carbocycles. The summed E-state index contributed by atoms with van der Waals surface area (Å²) in [5.74, 6) is -5.22. The van der Waals surface area contributed by atoms with Gasteiger partial charge in [0.25, 0.3) is 11.8 Å². The van der Waals surface area contributed by atoms with Crippen molar-refractivity contribution in [1.82, 2.24) is 20.1 Å². The van der Waals surface area contributed by atoms with E-state index in [1.165, 1.54) is 36.9 Å². The van der Waals surface area contributed by atoms with E-state index in [0.29, 0.717) is 68.5 Å². The van der Waals surface area contributed by atoms with E-state index in [1.807, 2.05) is 4.90 Å². The molecule has 60 heavy (non-hydrogen) atoms. The van der Waals surface area contributed by atoms with E-state index in [1.54, 1.807) is 18.2 Å². The van der Waals surface area contributed by atoms with Gasteiger partial charge in [0.1, 0.15) is 30.0 Å². The van der Waals surface area contributed by atoms with Gasteiger partial charge in [-0.2, -0.15) is 18.4 Å². The molecule has 2 atom stereocenters. The monoisotopic (exact) mass is 877 g/mol. The van der Waals surface area contributed by atoms with Gasteiger partial charge in [-0.05, 0) is 62.7 Å².